The molecule has 84 valence electrons. The molecule has 0 aliphatic heterocycles. The van der Waals surface area contributed by atoms with E-state index in [1.165, 1.54) is 7.05 Å². The Morgan fingerprint density at radius 1 is 1.19 bits per heavy atom. The summed E-state index contributed by atoms with van der Waals surface area (Å²) in [6.07, 6.45) is 0. The van der Waals surface area contributed by atoms with Gasteiger partial charge in [-0.05, 0) is 5.56 Å². The van der Waals surface area contributed by atoms with Crippen molar-refractivity contribution in [3.05, 3.63) is 35.9 Å². The summed E-state index contributed by atoms with van der Waals surface area (Å²) < 4.78 is 0. The molecule has 0 fully saturated rings. The lowest BCUT2D eigenvalue weighted by atomic mass is 10.2. The molecule has 5 nitrogen and oxygen atoms in total. The number of hydrogen-bond acceptors (Lipinski definition) is 3. The van der Waals surface area contributed by atoms with Crippen LogP contribution in [0.2, 0.25) is 0 Å². The first-order valence-electron chi connectivity index (χ1n) is 4.59. The molecule has 0 saturated carbocycles. The maximum Gasteiger partial charge on any atom is 0.382 e. The Balaban J connectivity index is 2.66. The molecule has 0 heterocycles. The van der Waals surface area contributed by atoms with E-state index in [0.717, 1.165) is 10.5 Å². The fraction of sp³-hybridized carbons (Fsp3) is 0.182. The van der Waals surface area contributed by atoms with Gasteiger partial charge in [-0.15, -0.1) is 0 Å². The summed E-state index contributed by atoms with van der Waals surface area (Å²) >= 11 is 0. The highest BCUT2D eigenvalue weighted by Crippen LogP contribution is 2.02. The van der Waals surface area contributed by atoms with Gasteiger partial charge in [0.1, 0.15) is 0 Å². The van der Waals surface area contributed by atoms with Gasteiger partial charge in [-0.25, -0.2) is 4.79 Å². The summed E-state index contributed by atoms with van der Waals surface area (Å²) in [6, 6.07) is 9.00. The highest BCUT2D eigenvalue weighted by Gasteiger charge is 2.25. The third kappa shape index (κ3) is 2.91. The minimum absolute atomic E-state index is 0.207. The second-order valence-corrected chi connectivity index (χ2v) is 3.28. The Morgan fingerprint density at radius 2 is 1.75 bits per heavy atom. The van der Waals surface area contributed by atoms with Crippen LogP contribution in [0.1, 0.15) is 5.56 Å². The second-order valence-electron chi connectivity index (χ2n) is 3.28. The quantitative estimate of drug-likeness (QED) is 0.586. The molecule has 0 radical (unpaired) electrons. The van der Waals surface area contributed by atoms with Gasteiger partial charge < -0.3 is 10.0 Å². The SMILES string of the molecule is CN(Cc1ccccc1)C(=O)C(=O)C(=O)O. The molecule has 0 aliphatic carbocycles. The van der Waals surface area contributed by atoms with Crippen LogP contribution in [0.15, 0.2) is 30.3 Å². The first-order chi connectivity index (χ1) is 7.52. The van der Waals surface area contributed by atoms with E-state index >= 15 is 0 Å². The van der Waals surface area contributed by atoms with Gasteiger partial charge in [-0.2, -0.15) is 0 Å². The van der Waals surface area contributed by atoms with E-state index in [0.29, 0.717) is 0 Å². The fourth-order valence-electron chi connectivity index (χ4n) is 1.19. The van der Waals surface area contributed by atoms with Gasteiger partial charge in [-0.1, -0.05) is 30.3 Å². The maximum absolute atomic E-state index is 11.3. The molecule has 0 atom stereocenters. The number of Topliss-reactive ketones (excluding diaryl/α,β-unsaturated/α-hetero) is 1. The molecule has 0 bridgehead atoms. The number of rotatable bonds is 4. The lowest BCUT2D eigenvalue weighted by molar-refractivity contribution is -0.156. The summed E-state index contributed by atoms with van der Waals surface area (Å²) in [5.74, 6) is -4.17. The zero-order chi connectivity index (χ0) is 12.1. The van der Waals surface area contributed by atoms with Gasteiger partial charge in [0, 0.05) is 13.6 Å². The van der Waals surface area contributed by atoms with Gasteiger partial charge >= 0.3 is 17.7 Å². The van der Waals surface area contributed by atoms with Gasteiger partial charge in [0.25, 0.3) is 0 Å². The van der Waals surface area contributed by atoms with Gasteiger partial charge in [0.2, 0.25) is 0 Å². The van der Waals surface area contributed by atoms with E-state index in [-0.39, 0.29) is 6.54 Å². The highest BCUT2D eigenvalue weighted by molar-refractivity contribution is 6.61. The van der Waals surface area contributed by atoms with Crippen LogP contribution in [0.3, 0.4) is 0 Å². The number of carboxylic acids is 1. The molecule has 16 heavy (non-hydrogen) atoms. The molecule has 0 saturated heterocycles. The second kappa shape index (κ2) is 5.06. The van der Waals surface area contributed by atoms with Crippen molar-refractivity contribution in [1.29, 1.82) is 0 Å². The van der Waals surface area contributed by atoms with Gasteiger partial charge in [0.05, 0.1) is 0 Å². The van der Waals surface area contributed by atoms with E-state index in [2.05, 4.69) is 0 Å². The minimum atomic E-state index is -1.73. The van der Waals surface area contributed by atoms with Crippen molar-refractivity contribution in [3.63, 3.8) is 0 Å². The van der Waals surface area contributed by atoms with Crippen LogP contribution in [-0.2, 0) is 20.9 Å². The topological polar surface area (TPSA) is 74.7 Å². The first-order valence-corrected chi connectivity index (χ1v) is 4.59. The van der Waals surface area contributed by atoms with E-state index in [9.17, 15) is 14.4 Å². The molecule has 0 aromatic heterocycles. The molecule has 1 rings (SSSR count). The average molecular weight is 221 g/mol. The number of nitrogens with zero attached hydrogens (tertiary/aromatic N) is 1. The molecule has 1 N–H and O–H groups in total. The van der Waals surface area contributed by atoms with Crippen molar-refractivity contribution in [1.82, 2.24) is 4.90 Å². The predicted octanol–water partition coefficient (Wildman–Crippen LogP) is 0.299. The number of aliphatic carboxylic acids is 1. The number of ketones is 1. The summed E-state index contributed by atoms with van der Waals surface area (Å²) in [5.41, 5.74) is 0.830. The van der Waals surface area contributed by atoms with Crippen molar-refractivity contribution in [2.24, 2.45) is 0 Å². The van der Waals surface area contributed by atoms with Crippen LogP contribution in [0.25, 0.3) is 0 Å². The molecular weight excluding hydrogens is 210 g/mol. The Labute approximate surface area is 92.3 Å². The van der Waals surface area contributed by atoms with Gasteiger partial charge in [0.15, 0.2) is 0 Å². The maximum atomic E-state index is 11.3. The van der Waals surface area contributed by atoms with Gasteiger partial charge in [-0.3, -0.25) is 9.59 Å². The predicted molar refractivity (Wildman–Crippen MR) is 55.6 cm³/mol. The summed E-state index contributed by atoms with van der Waals surface area (Å²) in [5, 5.41) is 8.37. The lowest BCUT2D eigenvalue weighted by Crippen LogP contribution is -2.36. The molecule has 0 unspecified atom stereocenters. The van der Waals surface area contributed by atoms with E-state index in [1.807, 2.05) is 6.07 Å². The molecule has 1 amide bonds. The zero-order valence-corrected chi connectivity index (χ0v) is 8.71. The summed E-state index contributed by atoms with van der Waals surface area (Å²) in [6.45, 7) is 0.207. The van der Waals surface area contributed by atoms with Crippen molar-refractivity contribution < 1.29 is 19.5 Å². The first kappa shape index (κ1) is 11.9. The summed E-state index contributed by atoms with van der Waals surface area (Å²) in [7, 11) is 1.39. The largest absolute Gasteiger partial charge is 0.475 e. The van der Waals surface area contributed by atoms with Crippen LogP contribution >= 0.6 is 0 Å². The number of carboxylic acid groups (broad SMARTS) is 1. The Morgan fingerprint density at radius 3 is 2.25 bits per heavy atom. The number of benzene rings is 1. The molecule has 5 heteroatoms. The smallest absolute Gasteiger partial charge is 0.382 e. The van der Waals surface area contributed by atoms with Crippen LogP contribution in [0, 0.1) is 0 Å². The van der Waals surface area contributed by atoms with Crippen molar-refractivity contribution in [3.8, 4) is 0 Å². The van der Waals surface area contributed by atoms with Crippen LogP contribution in [-0.4, -0.2) is 34.7 Å². The average Bonchev–Trinajstić information content (AvgIpc) is 2.28. The van der Waals surface area contributed by atoms with Crippen molar-refractivity contribution in [2.75, 3.05) is 7.05 Å². The standard InChI is InChI=1S/C11H11NO4/c1-12(10(14)9(13)11(15)16)7-8-5-3-2-4-6-8/h2-6H,7H2,1H3,(H,15,16). The summed E-state index contributed by atoms with van der Waals surface area (Å²) in [4.78, 5) is 33.5. The van der Waals surface area contributed by atoms with E-state index in [4.69, 9.17) is 5.11 Å². The van der Waals surface area contributed by atoms with Crippen LogP contribution in [0.5, 0.6) is 0 Å². The van der Waals surface area contributed by atoms with E-state index < -0.39 is 17.7 Å². The van der Waals surface area contributed by atoms with Crippen molar-refractivity contribution in [2.45, 2.75) is 6.54 Å². The van der Waals surface area contributed by atoms with Crippen molar-refractivity contribution >= 4 is 17.7 Å². The number of carbonyl (C=O) groups excluding carboxylic acids is 2. The van der Waals surface area contributed by atoms with E-state index in [1.54, 1.807) is 24.3 Å². The van der Waals surface area contributed by atoms with Crippen LogP contribution < -0.4 is 0 Å². The number of amides is 1. The lowest BCUT2D eigenvalue weighted by Gasteiger charge is -2.14. The fourth-order valence-corrected chi connectivity index (χ4v) is 1.19. The monoisotopic (exact) mass is 221 g/mol. The highest BCUT2D eigenvalue weighted by atomic mass is 16.4. The third-order valence-electron chi connectivity index (χ3n) is 2.00. The zero-order valence-electron chi connectivity index (χ0n) is 8.71. The Bertz CT molecular complexity index is 413. The molecule has 1 aromatic rings. The molecule has 1 aromatic carbocycles. The minimum Gasteiger partial charge on any atom is -0.475 e. The Hall–Kier alpha value is -2.17. The normalized spacial score (nSPS) is 9.56. The molecule has 0 aliphatic rings. The number of carbonyl (C=O) groups is 3. The number of likely N-dealkylation sites (N-methyl/N-ethyl adjacent to an activating group) is 1. The number of hydrogen-bond donors (Lipinski definition) is 1. The molecular formula is C11H11NO4. The van der Waals surface area contributed by atoms with Crippen LogP contribution in [0.4, 0.5) is 0 Å². The Kier molecular flexibility index (Phi) is 3.77. The molecule has 0 spiro atoms. The third-order valence-corrected chi connectivity index (χ3v) is 2.00.